The molecule has 1 amide bonds. The normalized spacial score (nSPS) is 17.2. The van der Waals surface area contributed by atoms with Gasteiger partial charge in [0.05, 0.1) is 19.1 Å². The topological polar surface area (TPSA) is 64.0 Å². The van der Waals surface area contributed by atoms with Gasteiger partial charge in [-0.1, -0.05) is 18.2 Å². The monoisotopic (exact) mass is 369 g/mol. The number of pyridine rings is 1. The molecule has 2 heterocycles. The number of nitrogens with zero attached hydrogens (tertiary/aromatic N) is 3. The van der Waals surface area contributed by atoms with E-state index in [2.05, 4.69) is 9.98 Å². The maximum absolute atomic E-state index is 12.8. The zero-order chi connectivity index (χ0) is 18.5. The number of hydrogen-bond acceptors (Lipinski definition) is 6. The van der Waals surface area contributed by atoms with Gasteiger partial charge in [0, 0.05) is 18.3 Å². The number of aromatic nitrogens is 1. The minimum absolute atomic E-state index is 0.0861. The number of hydrogen-bond donors (Lipinski definition) is 0. The number of aliphatic imine (C=N–C) groups is 1. The molecule has 1 aromatic heterocycles. The maximum Gasteiger partial charge on any atom is 0.266 e. The number of benzene rings is 1. The predicted octanol–water partition coefficient (Wildman–Crippen LogP) is 3.72. The van der Waals surface area contributed by atoms with Gasteiger partial charge in [-0.3, -0.25) is 9.69 Å². The highest BCUT2D eigenvalue weighted by Gasteiger charge is 2.32. The minimum Gasteiger partial charge on any atom is -0.493 e. The third kappa shape index (κ3) is 3.57. The number of amides is 1. The quantitative estimate of drug-likeness (QED) is 0.752. The molecule has 0 aliphatic carbocycles. The van der Waals surface area contributed by atoms with Gasteiger partial charge in [-0.25, -0.2) is 9.98 Å². The Hall–Kier alpha value is -2.80. The Bertz CT molecular complexity index is 866. The van der Waals surface area contributed by atoms with Crippen molar-refractivity contribution in [3.8, 4) is 11.5 Å². The van der Waals surface area contributed by atoms with Gasteiger partial charge in [0.1, 0.15) is 0 Å². The number of carbonyl (C=O) groups is 1. The molecule has 1 fully saturated rings. The van der Waals surface area contributed by atoms with E-state index < -0.39 is 0 Å². The summed E-state index contributed by atoms with van der Waals surface area (Å²) in [6.45, 7) is 2.45. The van der Waals surface area contributed by atoms with Crippen molar-refractivity contribution in [3.63, 3.8) is 0 Å². The molecule has 0 saturated carbocycles. The summed E-state index contributed by atoms with van der Waals surface area (Å²) in [6.07, 6.45) is 3.48. The number of ether oxygens (including phenoxy) is 2. The zero-order valence-corrected chi connectivity index (χ0v) is 15.6. The van der Waals surface area contributed by atoms with Crippen LogP contribution in [0, 0.1) is 0 Å². The lowest BCUT2D eigenvalue weighted by Gasteiger charge is -2.12. The summed E-state index contributed by atoms with van der Waals surface area (Å²) in [5.41, 5.74) is 0.776. The third-order valence-electron chi connectivity index (χ3n) is 3.78. The lowest BCUT2D eigenvalue weighted by atomic mass is 10.1. The second kappa shape index (κ2) is 8.05. The molecule has 0 bridgehead atoms. The number of para-hydroxylation sites is 1. The van der Waals surface area contributed by atoms with Crippen molar-refractivity contribution in [1.29, 1.82) is 0 Å². The number of thioether (sulfide) groups is 1. The van der Waals surface area contributed by atoms with Gasteiger partial charge < -0.3 is 9.47 Å². The van der Waals surface area contributed by atoms with Crippen molar-refractivity contribution in [2.75, 3.05) is 20.8 Å². The van der Waals surface area contributed by atoms with E-state index in [4.69, 9.17) is 9.47 Å². The lowest BCUT2D eigenvalue weighted by Crippen LogP contribution is -2.28. The third-order valence-corrected chi connectivity index (χ3v) is 4.79. The molecule has 0 N–H and O–H groups in total. The fourth-order valence-electron chi connectivity index (χ4n) is 2.55. The summed E-state index contributed by atoms with van der Waals surface area (Å²) in [5, 5.41) is 0.615. The first-order valence-electron chi connectivity index (χ1n) is 8.10. The standard InChI is InChI=1S/C19H19N3O3S/c1-4-22-18(23)15(26-19(22)21-16-10-5-6-11-20-16)12-13-8-7-9-14(24-2)17(13)25-3/h5-12H,4H2,1-3H3/b15-12-,21-19+. The summed E-state index contributed by atoms with van der Waals surface area (Å²) in [6, 6.07) is 11.1. The lowest BCUT2D eigenvalue weighted by molar-refractivity contribution is -0.122. The van der Waals surface area contributed by atoms with Crippen LogP contribution in [0.4, 0.5) is 5.82 Å². The van der Waals surface area contributed by atoms with Gasteiger partial charge in [-0.2, -0.15) is 0 Å². The van der Waals surface area contributed by atoms with Gasteiger partial charge >= 0.3 is 0 Å². The van der Waals surface area contributed by atoms with E-state index in [0.29, 0.717) is 33.9 Å². The molecule has 0 unspecified atom stereocenters. The fraction of sp³-hybridized carbons (Fsp3) is 0.211. The van der Waals surface area contributed by atoms with E-state index in [1.807, 2.05) is 37.3 Å². The summed E-state index contributed by atoms with van der Waals surface area (Å²) in [5.74, 6) is 1.69. The van der Waals surface area contributed by atoms with Crippen LogP contribution in [0.2, 0.25) is 0 Å². The zero-order valence-electron chi connectivity index (χ0n) is 14.8. The highest BCUT2D eigenvalue weighted by atomic mass is 32.2. The molecule has 2 aromatic rings. The van der Waals surface area contributed by atoms with Crippen molar-refractivity contribution in [2.45, 2.75) is 6.92 Å². The number of methoxy groups -OCH3 is 2. The molecule has 3 rings (SSSR count). The average molecular weight is 369 g/mol. The fourth-order valence-corrected chi connectivity index (χ4v) is 3.60. The minimum atomic E-state index is -0.0861. The Kier molecular flexibility index (Phi) is 5.58. The van der Waals surface area contributed by atoms with Crippen LogP contribution in [-0.2, 0) is 4.79 Å². The summed E-state index contributed by atoms with van der Waals surface area (Å²) >= 11 is 1.32. The van der Waals surface area contributed by atoms with Crippen molar-refractivity contribution in [1.82, 2.24) is 9.88 Å². The first kappa shape index (κ1) is 18.0. The first-order chi connectivity index (χ1) is 12.7. The molecule has 1 saturated heterocycles. The molecule has 1 aromatic carbocycles. The van der Waals surface area contributed by atoms with Crippen molar-refractivity contribution >= 4 is 34.7 Å². The molecule has 1 aliphatic rings. The summed E-state index contributed by atoms with van der Waals surface area (Å²) < 4.78 is 10.8. The van der Waals surface area contributed by atoms with Crippen LogP contribution in [0.15, 0.2) is 52.5 Å². The Morgan fingerprint density at radius 2 is 2.04 bits per heavy atom. The molecule has 0 atom stereocenters. The number of amidine groups is 1. The molecule has 6 nitrogen and oxygen atoms in total. The smallest absolute Gasteiger partial charge is 0.266 e. The molecular formula is C19H19N3O3S. The van der Waals surface area contributed by atoms with Gasteiger partial charge in [-0.05, 0) is 43.0 Å². The largest absolute Gasteiger partial charge is 0.493 e. The van der Waals surface area contributed by atoms with Gasteiger partial charge in [-0.15, -0.1) is 0 Å². The van der Waals surface area contributed by atoms with E-state index >= 15 is 0 Å². The van der Waals surface area contributed by atoms with Gasteiger partial charge in [0.25, 0.3) is 5.91 Å². The van der Waals surface area contributed by atoms with Crippen LogP contribution in [0.3, 0.4) is 0 Å². The average Bonchev–Trinajstić information content (AvgIpc) is 2.96. The Balaban J connectivity index is 1.98. The van der Waals surface area contributed by atoms with Crippen LogP contribution >= 0.6 is 11.8 Å². The van der Waals surface area contributed by atoms with E-state index in [0.717, 1.165) is 5.56 Å². The van der Waals surface area contributed by atoms with E-state index in [-0.39, 0.29) is 5.91 Å². The Morgan fingerprint density at radius 3 is 2.69 bits per heavy atom. The summed E-state index contributed by atoms with van der Waals surface area (Å²) in [7, 11) is 3.16. The Morgan fingerprint density at radius 1 is 1.19 bits per heavy atom. The second-order valence-corrected chi connectivity index (χ2v) is 6.33. The molecule has 0 spiro atoms. The Labute approximate surface area is 156 Å². The van der Waals surface area contributed by atoms with Crippen LogP contribution in [-0.4, -0.2) is 41.7 Å². The highest BCUT2D eigenvalue weighted by molar-refractivity contribution is 8.18. The van der Waals surface area contributed by atoms with E-state index in [1.54, 1.807) is 37.5 Å². The van der Waals surface area contributed by atoms with Crippen molar-refractivity contribution in [2.24, 2.45) is 4.99 Å². The first-order valence-corrected chi connectivity index (χ1v) is 8.91. The molecular weight excluding hydrogens is 350 g/mol. The van der Waals surface area contributed by atoms with Crippen molar-refractivity contribution < 1.29 is 14.3 Å². The van der Waals surface area contributed by atoms with E-state index in [1.165, 1.54) is 11.8 Å². The predicted molar refractivity (Wildman–Crippen MR) is 104 cm³/mol. The molecule has 26 heavy (non-hydrogen) atoms. The van der Waals surface area contributed by atoms with Gasteiger partial charge in [0.2, 0.25) is 0 Å². The van der Waals surface area contributed by atoms with Crippen LogP contribution in [0.25, 0.3) is 6.08 Å². The molecule has 134 valence electrons. The molecule has 1 aliphatic heterocycles. The molecule has 0 radical (unpaired) electrons. The maximum atomic E-state index is 12.8. The van der Waals surface area contributed by atoms with Crippen LogP contribution in [0.1, 0.15) is 12.5 Å². The highest BCUT2D eigenvalue weighted by Crippen LogP contribution is 2.37. The van der Waals surface area contributed by atoms with Gasteiger partial charge in [0.15, 0.2) is 22.5 Å². The number of likely N-dealkylation sites (N-methyl/N-ethyl adjacent to an activating group) is 1. The summed E-state index contributed by atoms with van der Waals surface area (Å²) in [4.78, 5) is 23.7. The van der Waals surface area contributed by atoms with Crippen LogP contribution < -0.4 is 9.47 Å². The van der Waals surface area contributed by atoms with Crippen molar-refractivity contribution in [3.05, 3.63) is 53.1 Å². The molecule has 7 heteroatoms. The number of rotatable bonds is 5. The second-order valence-electron chi connectivity index (χ2n) is 5.33. The van der Waals surface area contributed by atoms with Crippen LogP contribution in [0.5, 0.6) is 11.5 Å². The SMILES string of the molecule is CCN1C(=O)/C(=C/c2cccc(OC)c2OC)S/C1=N/c1ccccn1. The number of carbonyl (C=O) groups excluding carboxylic acids is 1. The van der Waals surface area contributed by atoms with E-state index in [9.17, 15) is 4.79 Å².